The summed E-state index contributed by atoms with van der Waals surface area (Å²) in [6.45, 7) is 0.945. The minimum atomic E-state index is -0.283. The van der Waals surface area contributed by atoms with Crippen LogP contribution in [-0.2, 0) is 4.79 Å². The molecule has 1 amide bonds. The lowest BCUT2D eigenvalue weighted by Gasteiger charge is -2.19. The van der Waals surface area contributed by atoms with E-state index in [0.717, 1.165) is 12.8 Å². The minimum Gasteiger partial charge on any atom is -0.492 e. The number of ether oxygens (including phenoxy) is 1. The monoisotopic (exact) mass is 277 g/mol. The van der Waals surface area contributed by atoms with E-state index in [0.29, 0.717) is 31.2 Å². The first kappa shape index (κ1) is 14.6. The number of hydrogen-bond donors (Lipinski definition) is 0. The fourth-order valence-corrected chi connectivity index (χ4v) is 2.20. The first-order chi connectivity index (χ1) is 9.65. The zero-order chi connectivity index (χ0) is 14.4. The number of likely N-dealkylation sites (N-methyl/N-ethyl adjacent to an activating group) is 1. The number of hydrogen-bond acceptors (Lipinski definition) is 2. The van der Waals surface area contributed by atoms with Crippen LogP contribution in [0.3, 0.4) is 0 Å². The fourth-order valence-electron chi connectivity index (χ4n) is 2.20. The largest absolute Gasteiger partial charge is 0.492 e. The van der Waals surface area contributed by atoms with Crippen molar-refractivity contribution in [3.05, 3.63) is 42.2 Å². The number of benzene rings is 1. The van der Waals surface area contributed by atoms with E-state index in [2.05, 4.69) is 12.2 Å². The molecule has 3 nitrogen and oxygen atoms in total. The fraction of sp³-hybridized carbons (Fsp3) is 0.438. The van der Waals surface area contributed by atoms with E-state index in [-0.39, 0.29) is 11.7 Å². The van der Waals surface area contributed by atoms with Gasteiger partial charge in [0, 0.05) is 13.5 Å². The lowest BCUT2D eigenvalue weighted by atomic mass is 10.0. The summed E-state index contributed by atoms with van der Waals surface area (Å²) in [4.78, 5) is 13.7. The molecule has 0 spiro atoms. The molecule has 108 valence electrons. The van der Waals surface area contributed by atoms with E-state index in [4.69, 9.17) is 4.74 Å². The van der Waals surface area contributed by atoms with Crippen molar-refractivity contribution in [3.63, 3.8) is 0 Å². The molecule has 0 N–H and O–H groups in total. The second-order valence-electron chi connectivity index (χ2n) is 5.09. The number of carbonyl (C=O) groups excluding carboxylic acids is 1. The first-order valence-electron chi connectivity index (χ1n) is 6.94. The summed E-state index contributed by atoms with van der Waals surface area (Å²) in [7, 11) is 1.79. The van der Waals surface area contributed by atoms with E-state index in [1.807, 2.05) is 0 Å². The van der Waals surface area contributed by atoms with Crippen molar-refractivity contribution < 1.29 is 13.9 Å². The molecule has 0 aromatic heterocycles. The average Bonchev–Trinajstić information content (AvgIpc) is 2.93. The van der Waals surface area contributed by atoms with Crippen molar-refractivity contribution in [2.45, 2.75) is 19.3 Å². The topological polar surface area (TPSA) is 29.5 Å². The molecule has 0 unspecified atom stereocenters. The smallest absolute Gasteiger partial charge is 0.223 e. The van der Waals surface area contributed by atoms with Crippen molar-refractivity contribution in [3.8, 4) is 5.75 Å². The van der Waals surface area contributed by atoms with E-state index >= 15 is 0 Å². The number of nitrogens with zero attached hydrogens (tertiary/aromatic N) is 1. The summed E-state index contributed by atoms with van der Waals surface area (Å²) >= 11 is 0. The summed E-state index contributed by atoms with van der Waals surface area (Å²) < 4.78 is 18.2. The number of halogens is 1. The summed E-state index contributed by atoms with van der Waals surface area (Å²) in [6, 6.07) is 5.88. The van der Waals surface area contributed by atoms with Gasteiger partial charge in [-0.25, -0.2) is 4.39 Å². The van der Waals surface area contributed by atoms with E-state index in [1.54, 1.807) is 24.1 Å². The van der Waals surface area contributed by atoms with Gasteiger partial charge in [-0.15, -0.1) is 0 Å². The van der Waals surface area contributed by atoms with Crippen LogP contribution in [0, 0.1) is 11.7 Å². The molecule has 1 atom stereocenters. The Kier molecular flexibility index (Phi) is 5.16. The maximum Gasteiger partial charge on any atom is 0.223 e. The lowest BCUT2D eigenvalue weighted by Crippen LogP contribution is -2.31. The van der Waals surface area contributed by atoms with Gasteiger partial charge in [0.25, 0.3) is 0 Å². The van der Waals surface area contributed by atoms with Crippen LogP contribution in [0.4, 0.5) is 4.39 Å². The van der Waals surface area contributed by atoms with Crippen LogP contribution in [0.2, 0.25) is 0 Å². The zero-order valence-corrected chi connectivity index (χ0v) is 11.7. The second kappa shape index (κ2) is 7.08. The molecule has 1 aliphatic rings. The highest BCUT2D eigenvalue weighted by Crippen LogP contribution is 2.20. The molecule has 0 bridgehead atoms. The Morgan fingerprint density at radius 3 is 2.80 bits per heavy atom. The third kappa shape index (κ3) is 4.37. The minimum absolute atomic E-state index is 0.143. The van der Waals surface area contributed by atoms with Crippen molar-refractivity contribution in [2.75, 3.05) is 20.2 Å². The predicted octanol–water partition coefficient (Wildman–Crippen LogP) is 3.02. The number of amides is 1. The van der Waals surface area contributed by atoms with Gasteiger partial charge in [-0.2, -0.15) is 0 Å². The van der Waals surface area contributed by atoms with Gasteiger partial charge in [0.2, 0.25) is 5.91 Å². The van der Waals surface area contributed by atoms with Crippen molar-refractivity contribution >= 4 is 5.91 Å². The molecule has 1 aromatic rings. The van der Waals surface area contributed by atoms with Gasteiger partial charge in [-0.3, -0.25) is 4.79 Å². The summed E-state index contributed by atoms with van der Waals surface area (Å²) in [6.07, 6.45) is 6.99. The summed E-state index contributed by atoms with van der Waals surface area (Å²) in [5.41, 5.74) is 0. The molecule has 20 heavy (non-hydrogen) atoms. The molecular formula is C16H20FNO2. The maximum absolute atomic E-state index is 12.7. The van der Waals surface area contributed by atoms with Gasteiger partial charge in [0.1, 0.15) is 18.2 Å². The zero-order valence-electron chi connectivity index (χ0n) is 11.7. The van der Waals surface area contributed by atoms with Gasteiger partial charge in [-0.05, 0) is 43.0 Å². The van der Waals surface area contributed by atoms with Crippen LogP contribution in [0.25, 0.3) is 0 Å². The first-order valence-corrected chi connectivity index (χ1v) is 6.94. The average molecular weight is 277 g/mol. The lowest BCUT2D eigenvalue weighted by molar-refractivity contribution is -0.130. The quantitative estimate of drug-likeness (QED) is 0.748. The van der Waals surface area contributed by atoms with E-state index in [1.165, 1.54) is 12.1 Å². The molecule has 0 saturated carbocycles. The molecule has 0 saturated heterocycles. The van der Waals surface area contributed by atoms with Crippen molar-refractivity contribution in [2.24, 2.45) is 5.92 Å². The van der Waals surface area contributed by atoms with Crippen molar-refractivity contribution in [1.82, 2.24) is 4.90 Å². The molecule has 0 fully saturated rings. The molecular weight excluding hydrogens is 257 g/mol. The highest BCUT2D eigenvalue weighted by molar-refractivity contribution is 5.76. The second-order valence-corrected chi connectivity index (χ2v) is 5.09. The number of carbonyl (C=O) groups is 1. The van der Waals surface area contributed by atoms with Crippen LogP contribution >= 0.6 is 0 Å². The Labute approximate surface area is 119 Å². The van der Waals surface area contributed by atoms with Crippen molar-refractivity contribution in [1.29, 1.82) is 0 Å². The van der Waals surface area contributed by atoms with Crippen LogP contribution in [0.5, 0.6) is 5.75 Å². The van der Waals surface area contributed by atoms with E-state index < -0.39 is 0 Å². The molecule has 0 radical (unpaired) electrons. The Balaban J connectivity index is 1.68. The third-order valence-corrected chi connectivity index (χ3v) is 3.48. The Morgan fingerprint density at radius 2 is 2.15 bits per heavy atom. The van der Waals surface area contributed by atoms with Crippen LogP contribution < -0.4 is 4.74 Å². The molecule has 4 heteroatoms. The van der Waals surface area contributed by atoms with Gasteiger partial charge in [0.05, 0.1) is 6.54 Å². The Bertz CT molecular complexity index is 470. The Morgan fingerprint density at radius 1 is 1.40 bits per heavy atom. The summed E-state index contributed by atoms with van der Waals surface area (Å²) in [5, 5.41) is 0. The molecule has 0 heterocycles. The number of allylic oxidation sites excluding steroid dienone is 2. The molecule has 1 aromatic carbocycles. The molecule has 0 aliphatic heterocycles. The van der Waals surface area contributed by atoms with Crippen LogP contribution in [-0.4, -0.2) is 31.0 Å². The molecule has 1 aliphatic carbocycles. The standard InChI is InChI=1S/C16H20FNO2/c1-18(16(19)12-13-4-2-3-5-13)10-11-20-15-8-6-14(17)7-9-15/h2,4,6-9,13H,3,5,10-12H2,1H3/t13-/m0/s1. The normalized spacial score (nSPS) is 17.2. The Hall–Kier alpha value is -1.84. The predicted molar refractivity (Wildman–Crippen MR) is 76.0 cm³/mol. The van der Waals surface area contributed by atoms with Gasteiger partial charge in [0.15, 0.2) is 0 Å². The SMILES string of the molecule is CN(CCOc1ccc(F)cc1)C(=O)C[C@H]1C=CCC1. The van der Waals surface area contributed by atoms with Crippen LogP contribution in [0.1, 0.15) is 19.3 Å². The van der Waals surface area contributed by atoms with Gasteiger partial charge < -0.3 is 9.64 Å². The number of rotatable bonds is 6. The maximum atomic E-state index is 12.7. The highest BCUT2D eigenvalue weighted by Gasteiger charge is 2.16. The van der Waals surface area contributed by atoms with E-state index in [9.17, 15) is 9.18 Å². The summed E-state index contributed by atoms with van der Waals surface area (Å²) in [5.74, 6) is 0.868. The van der Waals surface area contributed by atoms with Crippen LogP contribution in [0.15, 0.2) is 36.4 Å². The third-order valence-electron chi connectivity index (χ3n) is 3.48. The van der Waals surface area contributed by atoms with Gasteiger partial charge in [-0.1, -0.05) is 12.2 Å². The highest BCUT2D eigenvalue weighted by atomic mass is 19.1. The van der Waals surface area contributed by atoms with Gasteiger partial charge >= 0.3 is 0 Å². The molecule has 2 rings (SSSR count).